The third-order valence-corrected chi connectivity index (χ3v) is 4.34. The van der Waals surface area contributed by atoms with Gasteiger partial charge in [0.25, 0.3) is 0 Å². The second kappa shape index (κ2) is 4.44. The van der Waals surface area contributed by atoms with Gasteiger partial charge in [-0.3, -0.25) is 4.79 Å². The molecule has 0 aromatic heterocycles. The molecule has 0 aromatic rings. The summed E-state index contributed by atoms with van der Waals surface area (Å²) in [5.41, 5.74) is -0.884. The number of hydrogen-bond donors (Lipinski definition) is 1. The molecule has 5 heteroatoms. The first-order valence-electron chi connectivity index (χ1n) is 6.58. The van der Waals surface area contributed by atoms with Crippen LogP contribution in [0.4, 0.5) is 4.79 Å². The standard InChI is InChI=1S/C13H22N2O3/c1-13(2,11(16)17)8-15-7-10(9-5-4-6-9)14(3)12(15)18/h9-10H,4-8H2,1-3H3,(H,16,17). The highest BCUT2D eigenvalue weighted by Gasteiger charge is 2.43. The van der Waals surface area contributed by atoms with Crippen LogP contribution >= 0.6 is 0 Å². The van der Waals surface area contributed by atoms with Crippen LogP contribution in [0, 0.1) is 11.3 Å². The predicted octanol–water partition coefficient (Wildman–Crippen LogP) is 1.63. The van der Waals surface area contributed by atoms with Crippen LogP contribution in [-0.4, -0.2) is 53.1 Å². The van der Waals surface area contributed by atoms with E-state index in [4.69, 9.17) is 5.11 Å². The molecular weight excluding hydrogens is 232 g/mol. The molecule has 1 unspecified atom stereocenters. The summed E-state index contributed by atoms with van der Waals surface area (Å²) >= 11 is 0. The van der Waals surface area contributed by atoms with E-state index in [0.717, 1.165) is 0 Å². The van der Waals surface area contributed by atoms with Crippen LogP contribution in [0.5, 0.6) is 0 Å². The zero-order chi connectivity index (χ0) is 13.5. The van der Waals surface area contributed by atoms with Crippen molar-refractivity contribution in [1.82, 2.24) is 9.80 Å². The maximum absolute atomic E-state index is 12.1. The summed E-state index contributed by atoms with van der Waals surface area (Å²) in [5.74, 6) is -0.248. The average Bonchev–Trinajstić information content (AvgIpc) is 2.44. The van der Waals surface area contributed by atoms with Gasteiger partial charge in [0.2, 0.25) is 0 Å². The van der Waals surface area contributed by atoms with Crippen LogP contribution in [-0.2, 0) is 4.79 Å². The van der Waals surface area contributed by atoms with Crippen LogP contribution in [0.1, 0.15) is 33.1 Å². The Bertz CT molecular complexity index is 363. The van der Waals surface area contributed by atoms with Crippen LogP contribution in [0.25, 0.3) is 0 Å². The predicted molar refractivity (Wildman–Crippen MR) is 67.3 cm³/mol. The van der Waals surface area contributed by atoms with E-state index >= 15 is 0 Å². The fourth-order valence-corrected chi connectivity index (χ4v) is 2.76. The fraction of sp³-hybridized carbons (Fsp3) is 0.846. The van der Waals surface area contributed by atoms with Crippen LogP contribution in [0.2, 0.25) is 0 Å². The highest BCUT2D eigenvalue weighted by molar-refractivity contribution is 5.79. The van der Waals surface area contributed by atoms with Gasteiger partial charge >= 0.3 is 12.0 Å². The first-order chi connectivity index (χ1) is 8.33. The van der Waals surface area contributed by atoms with E-state index < -0.39 is 11.4 Å². The molecule has 1 aliphatic heterocycles. The molecule has 1 atom stereocenters. The van der Waals surface area contributed by atoms with Crippen molar-refractivity contribution in [1.29, 1.82) is 0 Å². The lowest BCUT2D eigenvalue weighted by Crippen LogP contribution is -2.41. The number of carboxylic acid groups (broad SMARTS) is 1. The minimum atomic E-state index is -0.884. The molecule has 0 bridgehead atoms. The van der Waals surface area contributed by atoms with Gasteiger partial charge in [0.05, 0.1) is 11.5 Å². The number of carbonyl (C=O) groups is 2. The highest BCUT2D eigenvalue weighted by Crippen LogP contribution is 2.35. The molecule has 2 rings (SSSR count). The van der Waals surface area contributed by atoms with Crippen molar-refractivity contribution in [2.75, 3.05) is 20.1 Å². The van der Waals surface area contributed by atoms with Crippen molar-refractivity contribution in [2.45, 2.75) is 39.2 Å². The van der Waals surface area contributed by atoms with E-state index in [9.17, 15) is 9.59 Å². The van der Waals surface area contributed by atoms with Crippen LogP contribution in [0.15, 0.2) is 0 Å². The second-order valence-electron chi connectivity index (χ2n) is 6.22. The molecule has 1 N–H and O–H groups in total. The SMILES string of the molecule is CN1C(=O)N(CC(C)(C)C(=O)O)CC1C1CCC1. The molecular formula is C13H22N2O3. The Kier molecular flexibility index (Phi) is 3.25. The van der Waals surface area contributed by atoms with Gasteiger partial charge in [-0.2, -0.15) is 0 Å². The lowest BCUT2D eigenvalue weighted by molar-refractivity contribution is -0.147. The van der Waals surface area contributed by atoms with E-state index in [1.54, 1.807) is 23.6 Å². The number of carbonyl (C=O) groups excluding carboxylic acids is 1. The average molecular weight is 254 g/mol. The summed E-state index contributed by atoms with van der Waals surface area (Å²) in [5, 5.41) is 9.13. The Morgan fingerprint density at radius 3 is 2.50 bits per heavy atom. The lowest BCUT2D eigenvalue weighted by Gasteiger charge is -2.34. The molecule has 0 aromatic carbocycles. The smallest absolute Gasteiger partial charge is 0.320 e. The fourth-order valence-electron chi connectivity index (χ4n) is 2.76. The zero-order valence-corrected chi connectivity index (χ0v) is 11.3. The van der Waals surface area contributed by atoms with Gasteiger partial charge in [-0.15, -0.1) is 0 Å². The number of likely N-dealkylation sites (N-methyl/N-ethyl adjacent to an activating group) is 1. The molecule has 2 amide bonds. The monoisotopic (exact) mass is 254 g/mol. The summed E-state index contributed by atoms with van der Waals surface area (Å²) in [6.45, 7) is 4.30. The molecule has 18 heavy (non-hydrogen) atoms. The Hall–Kier alpha value is -1.26. The third-order valence-electron chi connectivity index (χ3n) is 4.34. The van der Waals surface area contributed by atoms with Crippen molar-refractivity contribution in [3.05, 3.63) is 0 Å². The minimum absolute atomic E-state index is 0.0266. The van der Waals surface area contributed by atoms with E-state index in [0.29, 0.717) is 12.5 Å². The molecule has 1 heterocycles. The maximum atomic E-state index is 12.1. The number of aliphatic carboxylic acids is 1. The van der Waals surface area contributed by atoms with Gasteiger partial charge in [0.15, 0.2) is 0 Å². The molecule has 5 nitrogen and oxygen atoms in total. The Labute approximate surface area is 108 Å². The molecule has 2 fully saturated rings. The molecule has 102 valence electrons. The molecule has 0 radical (unpaired) electrons. The van der Waals surface area contributed by atoms with Crippen molar-refractivity contribution in [3.63, 3.8) is 0 Å². The van der Waals surface area contributed by atoms with Crippen molar-refractivity contribution < 1.29 is 14.7 Å². The number of nitrogens with zero attached hydrogens (tertiary/aromatic N) is 2. The topological polar surface area (TPSA) is 60.9 Å². The Morgan fingerprint density at radius 1 is 1.44 bits per heavy atom. The summed E-state index contributed by atoms with van der Waals surface area (Å²) in [7, 11) is 1.83. The molecule has 1 aliphatic carbocycles. The molecule has 1 saturated carbocycles. The summed E-state index contributed by atoms with van der Waals surface area (Å²) in [6.07, 6.45) is 3.64. The van der Waals surface area contributed by atoms with Gasteiger partial charge in [0.1, 0.15) is 0 Å². The van der Waals surface area contributed by atoms with E-state index in [1.807, 2.05) is 7.05 Å². The summed E-state index contributed by atoms with van der Waals surface area (Å²) < 4.78 is 0. The first kappa shape index (κ1) is 13.2. The zero-order valence-electron chi connectivity index (χ0n) is 11.3. The number of hydrogen-bond acceptors (Lipinski definition) is 2. The van der Waals surface area contributed by atoms with E-state index in [1.165, 1.54) is 19.3 Å². The highest BCUT2D eigenvalue weighted by atomic mass is 16.4. The maximum Gasteiger partial charge on any atom is 0.320 e. The number of carboxylic acids is 1. The van der Waals surface area contributed by atoms with E-state index in [-0.39, 0.29) is 18.6 Å². The Morgan fingerprint density at radius 2 is 2.06 bits per heavy atom. The summed E-state index contributed by atoms with van der Waals surface area (Å²) in [6, 6.07) is 0.247. The molecule has 1 saturated heterocycles. The largest absolute Gasteiger partial charge is 0.481 e. The lowest BCUT2D eigenvalue weighted by atomic mass is 9.79. The second-order valence-corrected chi connectivity index (χ2v) is 6.22. The number of rotatable bonds is 4. The van der Waals surface area contributed by atoms with Gasteiger partial charge < -0.3 is 14.9 Å². The van der Waals surface area contributed by atoms with Gasteiger partial charge in [-0.05, 0) is 32.6 Å². The normalized spacial score (nSPS) is 25.5. The number of amides is 2. The van der Waals surface area contributed by atoms with Crippen molar-refractivity contribution in [3.8, 4) is 0 Å². The Balaban J connectivity index is 2.02. The molecule has 2 aliphatic rings. The summed E-state index contributed by atoms with van der Waals surface area (Å²) in [4.78, 5) is 26.7. The third kappa shape index (κ3) is 2.18. The van der Waals surface area contributed by atoms with Crippen molar-refractivity contribution in [2.24, 2.45) is 11.3 Å². The van der Waals surface area contributed by atoms with Gasteiger partial charge in [0, 0.05) is 20.1 Å². The van der Waals surface area contributed by atoms with Gasteiger partial charge in [-0.25, -0.2) is 4.79 Å². The number of urea groups is 1. The van der Waals surface area contributed by atoms with E-state index in [2.05, 4.69) is 0 Å². The minimum Gasteiger partial charge on any atom is -0.481 e. The van der Waals surface area contributed by atoms with Crippen molar-refractivity contribution >= 4 is 12.0 Å². The van der Waals surface area contributed by atoms with Crippen LogP contribution in [0.3, 0.4) is 0 Å². The molecule has 0 spiro atoms. The van der Waals surface area contributed by atoms with Gasteiger partial charge in [-0.1, -0.05) is 6.42 Å². The van der Waals surface area contributed by atoms with Crippen LogP contribution < -0.4 is 0 Å². The first-order valence-corrected chi connectivity index (χ1v) is 6.58. The quantitative estimate of drug-likeness (QED) is 0.829.